The van der Waals surface area contributed by atoms with E-state index in [1.165, 1.54) is 17.3 Å². The van der Waals surface area contributed by atoms with E-state index in [1.54, 1.807) is 30.8 Å². The zero-order valence-corrected chi connectivity index (χ0v) is 23.2. The summed E-state index contributed by atoms with van der Waals surface area (Å²) in [6, 6.07) is 7.32. The molecule has 1 N–H and O–H groups in total. The number of anilines is 2. The molecule has 4 aromatic rings. The first-order valence-electron chi connectivity index (χ1n) is 12.5. The van der Waals surface area contributed by atoms with Gasteiger partial charge >= 0.3 is 0 Å². The number of thioether (sulfide) groups is 1. The first-order chi connectivity index (χ1) is 18.4. The Bertz CT molecular complexity index is 1520. The van der Waals surface area contributed by atoms with Crippen molar-refractivity contribution in [3.8, 4) is 5.75 Å². The van der Waals surface area contributed by atoms with Crippen LogP contribution in [0.3, 0.4) is 0 Å². The smallest absolute Gasteiger partial charge is 0.234 e. The van der Waals surface area contributed by atoms with Gasteiger partial charge in [0.2, 0.25) is 5.91 Å². The van der Waals surface area contributed by atoms with Crippen LogP contribution in [0.2, 0.25) is 0 Å². The number of methoxy groups -OCH3 is 1. The van der Waals surface area contributed by atoms with Gasteiger partial charge in [-0.25, -0.2) is 15.0 Å². The summed E-state index contributed by atoms with van der Waals surface area (Å²) in [6.45, 7) is 7.77. The molecule has 9 nitrogen and oxygen atoms in total. The van der Waals surface area contributed by atoms with E-state index < -0.39 is 0 Å². The molecule has 0 aliphatic carbocycles. The Morgan fingerprint density at radius 3 is 2.89 bits per heavy atom. The molecular formula is C27H29N5O4S2. The van der Waals surface area contributed by atoms with Gasteiger partial charge < -0.3 is 24.4 Å². The van der Waals surface area contributed by atoms with Crippen molar-refractivity contribution in [1.82, 2.24) is 15.0 Å². The van der Waals surface area contributed by atoms with Crippen LogP contribution >= 0.6 is 23.1 Å². The van der Waals surface area contributed by atoms with Gasteiger partial charge in [-0.15, -0.1) is 11.3 Å². The predicted octanol–water partition coefficient (Wildman–Crippen LogP) is 4.67. The number of fused-ring (bicyclic) bond motifs is 5. The Balaban J connectivity index is 1.35. The van der Waals surface area contributed by atoms with Gasteiger partial charge in [-0.1, -0.05) is 17.8 Å². The van der Waals surface area contributed by atoms with Crippen LogP contribution in [0.15, 0.2) is 35.6 Å². The van der Waals surface area contributed by atoms with Gasteiger partial charge in [0.25, 0.3) is 0 Å². The van der Waals surface area contributed by atoms with Crippen molar-refractivity contribution in [2.75, 3.05) is 49.4 Å². The van der Waals surface area contributed by atoms with Gasteiger partial charge in [-0.2, -0.15) is 0 Å². The average molecular weight is 552 g/mol. The lowest BCUT2D eigenvalue weighted by Crippen LogP contribution is -2.39. The minimum atomic E-state index is -0.277. The van der Waals surface area contributed by atoms with E-state index in [9.17, 15) is 4.79 Å². The molecule has 198 valence electrons. The fourth-order valence-electron chi connectivity index (χ4n) is 4.94. The Kier molecular flexibility index (Phi) is 6.85. The van der Waals surface area contributed by atoms with Crippen LogP contribution in [0, 0.1) is 0 Å². The first-order valence-corrected chi connectivity index (χ1v) is 14.3. The summed E-state index contributed by atoms with van der Waals surface area (Å²) in [5, 5.41) is 4.80. The summed E-state index contributed by atoms with van der Waals surface area (Å²) in [6.07, 6.45) is 2.36. The molecular weight excluding hydrogens is 522 g/mol. The third-order valence-corrected chi connectivity index (χ3v) is 8.98. The van der Waals surface area contributed by atoms with E-state index in [4.69, 9.17) is 24.2 Å². The monoisotopic (exact) mass is 551 g/mol. The highest BCUT2D eigenvalue weighted by Crippen LogP contribution is 2.44. The molecule has 0 spiro atoms. The lowest BCUT2D eigenvalue weighted by atomic mass is 9.90. The predicted molar refractivity (Wildman–Crippen MR) is 151 cm³/mol. The molecule has 6 rings (SSSR count). The minimum Gasteiger partial charge on any atom is -0.497 e. The van der Waals surface area contributed by atoms with Gasteiger partial charge in [0, 0.05) is 42.2 Å². The molecule has 2 aliphatic rings. The summed E-state index contributed by atoms with van der Waals surface area (Å²) in [4.78, 5) is 30.4. The Morgan fingerprint density at radius 1 is 1.24 bits per heavy atom. The maximum absolute atomic E-state index is 12.7. The zero-order chi connectivity index (χ0) is 26.3. The molecule has 3 aromatic heterocycles. The number of benzene rings is 1. The zero-order valence-electron chi connectivity index (χ0n) is 21.6. The molecule has 2 aliphatic heterocycles. The quantitative estimate of drug-likeness (QED) is 0.271. The number of morpholine rings is 1. The number of carbonyl (C=O) groups is 1. The lowest BCUT2D eigenvalue weighted by Gasteiger charge is -2.36. The van der Waals surface area contributed by atoms with Crippen LogP contribution in [-0.2, 0) is 27.3 Å². The Morgan fingerprint density at radius 2 is 2.08 bits per heavy atom. The summed E-state index contributed by atoms with van der Waals surface area (Å²) in [5.74, 6) is 1.79. The van der Waals surface area contributed by atoms with Gasteiger partial charge in [-0.3, -0.25) is 4.79 Å². The first kappa shape index (κ1) is 25.3. The van der Waals surface area contributed by atoms with Crippen LogP contribution in [0.1, 0.15) is 25.0 Å². The molecule has 0 bridgehead atoms. The number of hydrogen-bond donors (Lipinski definition) is 1. The molecule has 1 saturated heterocycles. The van der Waals surface area contributed by atoms with E-state index in [1.807, 2.05) is 18.2 Å². The number of nitrogens with zero attached hydrogens (tertiary/aromatic N) is 4. The fraction of sp³-hybridized carbons (Fsp3) is 0.407. The van der Waals surface area contributed by atoms with E-state index in [2.05, 4.69) is 29.0 Å². The third-order valence-electron chi connectivity index (χ3n) is 6.78. The van der Waals surface area contributed by atoms with Gasteiger partial charge in [0.05, 0.1) is 48.5 Å². The number of rotatable bonds is 6. The summed E-state index contributed by atoms with van der Waals surface area (Å²) >= 11 is 3.00. The Labute approximate surface area is 228 Å². The number of nitrogens with one attached hydrogen (secondary N) is 1. The topological polar surface area (TPSA) is 98.7 Å². The van der Waals surface area contributed by atoms with Crippen molar-refractivity contribution >= 4 is 60.9 Å². The second-order valence-electron chi connectivity index (χ2n) is 9.92. The van der Waals surface area contributed by atoms with E-state index in [0.717, 1.165) is 56.4 Å². The van der Waals surface area contributed by atoms with Crippen molar-refractivity contribution in [1.29, 1.82) is 0 Å². The van der Waals surface area contributed by atoms with Gasteiger partial charge in [0.15, 0.2) is 0 Å². The molecule has 0 radical (unpaired) electrons. The summed E-state index contributed by atoms with van der Waals surface area (Å²) in [7, 11) is 1.60. The molecule has 11 heteroatoms. The van der Waals surface area contributed by atoms with Crippen molar-refractivity contribution in [2.24, 2.45) is 0 Å². The number of aromatic nitrogens is 3. The van der Waals surface area contributed by atoms with Gasteiger partial charge in [-0.05, 0) is 31.5 Å². The van der Waals surface area contributed by atoms with E-state index >= 15 is 0 Å². The molecule has 0 unspecified atom stereocenters. The summed E-state index contributed by atoms with van der Waals surface area (Å²) in [5.41, 5.74) is 3.71. The largest absolute Gasteiger partial charge is 0.497 e. The molecule has 0 atom stereocenters. The highest BCUT2D eigenvalue weighted by atomic mass is 32.2. The second kappa shape index (κ2) is 10.3. The molecule has 1 aromatic carbocycles. The third kappa shape index (κ3) is 4.91. The molecule has 0 saturated carbocycles. The maximum Gasteiger partial charge on any atom is 0.234 e. The fourth-order valence-corrected chi connectivity index (χ4v) is 6.97. The van der Waals surface area contributed by atoms with E-state index in [0.29, 0.717) is 31.3 Å². The van der Waals surface area contributed by atoms with Crippen LogP contribution < -0.4 is 15.0 Å². The van der Waals surface area contributed by atoms with E-state index in [-0.39, 0.29) is 17.3 Å². The number of amides is 1. The van der Waals surface area contributed by atoms with Crippen LogP contribution in [0.4, 0.5) is 11.5 Å². The SMILES string of the molecule is COc1cccc(NC(=O)CSc2ncnc3c2sc2nc(N4CCOCC4)c4c(c23)CC(C)(C)OC4)c1. The van der Waals surface area contributed by atoms with Crippen LogP contribution in [0.5, 0.6) is 5.75 Å². The van der Waals surface area contributed by atoms with Gasteiger partial charge in [0.1, 0.15) is 27.8 Å². The highest BCUT2D eigenvalue weighted by molar-refractivity contribution is 8.00. The number of pyridine rings is 1. The highest BCUT2D eigenvalue weighted by Gasteiger charge is 2.33. The molecule has 5 heterocycles. The number of hydrogen-bond acceptors (Lipinski definition) is 10. The van der Waals surface area contributed by atoms with Crippen molar-refractivity contribution in [3.05, 3.63) is 41.7 Å². The standard InChI is InChI=1S/C27H29N5O4S2/c1-27(2)12-18-19(13-36-27)24(32-7-9-35-10-8-32)31-25-21(18)22-23(38-25)26(29-15-28-22)37-14-20(33)30-16-5-4-6-17(11-16)34-3/h4-6,11,15H,7-10,12-14H2,1-3H3,(H,30,33). The minimum absolute atomic E-state index is 0.111. The molecule has 1 fully saturated rings. The Hall–Kier alpha value is -2.99. The normalized spacial score (nSPS) is 17.0. The second-order valence-corrected chi connectivity index (χ2v) is 11.9. The van der Waals surface area contributed by atoms with Crippen LogP contribution in [0.25, 0.3) is 20.4 Å². The molecule has 38 heavy (non-hydrogen) atoms. The van der Waals surface area contributed by atoms with Crippen molar-refractivity contribution in [3.63, 3.8) is 0 Å². The lowest BCUT2D eigenvalue weighted by molar-refractivity contribution is -0.113. The number of thiophene rings is 1. The number of carbonyl (C=O) groups excluding carboxylic acids is 1. The maximum atomic E-state index is 12.7. The van der Waals surface area contributed by atoms with Crippen molar-refractivity contribution in [2.45, 2.75) is 37.5 Å². The van der Waals surface area contributed by atoms with Crippen molar-refractivity contribution < 1.29 is 19.0 Å². The summed E-state index contributed by atoms with van der Waals surface area (Å²) < 4.78 is 18.0. The molecule has 1 amide bonds. The van der Waals surface area contributed by atoms with Crippen LogP contribution in [-0.4, -0.2) is 65.6 Å². The number of ether oxygens (including phenoxy) is 3. The average Bonchev–Trinajstić information content (AvgIpc) is 3.31.